The molecule has 86 valence electrons. The molecule has 1 nitrogen and oxygen atoms in total. The minimum absolute atomic E-state index is 0.378. The molecule has 0 amide bonds. The Bertz CT molecular complexity index is 214. The molecule has 0 spiro atoms. The fourth-order valence-electron chi connectivity index (χ4n) is 4.52. The van der Waals surface area contributed by atoms with E-state index >= 15 is 0 Å². The van der Waals surface area contributed by atoms with Crippen molar-refractivity contribution >= 4 is 11.8 Å². The summed E-state index contributed by atoms with van der Waals surface area (Å²) >= 11 is 2.22. The van der Waals surface area contributed by atoms with Crippen LogP contribution in [0.4, 0.5) is 0 Å². The number of thioether (sulfide) groups is 1. The second-order valence-electron chi connectivity index (χ2n) is 6.39. The van der Waals surface area contributed by atoms with Gasteiger partial charge in [0.15, 0.2) is 0 Å². The van der Waals surface area contributed by atoms with Crippen LogP contribution in [0.3, 0.4) is 0 Å². The lowest BCUT2D eigenvalue weighted by atomic mass is 9.56. The summed E-state index contributed by atoms with van der Waals surface area (Å²) < 4.78 is 0.669. The van der Waals surface area contributed by atoms with Gasteiger partial charge in [0.05, 0.1) is 0 Å². The highest BCUT2D eigenvalue weighted by Crippen LogP contribution is 2.60. The maximum Gasteiger partial charge on any atom is 0.0168 e. The topological polar surface area (TPSA) is 26.0 Å². The molecule has 0 aromatic rings. The van der Waals surface area contributed by atoms with Crippen molar-refractivity contribution in [3.63, 3.8) is 0 Å². The zero-order valence-electron chi connectivity index (χ0n) is 9.74. The van der Waals surface area contributed by atoms with E-state index in [0.29, 0.717) is 10.8 Å². The van der Waals surface area contributed by atoms with Crippen LogP contribution in [0.2, 0.25) is 0 Å². The molecule has 2 heteroatoms. The quantitative estimate of drug-likeness (QED) is 0.799. The van der Waals surface area contributed by atoms with Gasteiger partial charge >= 0.3 is 0 Å². The van der Waals surface area contributed by atoms with Gasteiger partial charge < -0.3 is 5.73 Å². The molecule has 0 heterocycles. The van der Waals surface area contributed by atoms with Gasteiger partial charge in [0.2, 0.25) is 0 Å². The summed E-state index contributed by atoms with van der Waals surface area (Å²) in [5, 5.41) is 0. The van der Waals surface area contributed by atoms with Crippen LogP contribution in [-0.2, 0) is 0 Å². The molecule has 1 atom stereocenters. The average molecular weight is 225 g/mol. The lowest BCUT2D eigenvalue weighted by molar-refractivity contribution is 0.0383. The van der Waals surface area contributed by atoms with E-state index in [1.807, 2.05) is 0 Å². The zero-order chi connectivity index (χ0) is 10.5. The van der Waals surface area contributed by atoms with Crippen LogP contribution in [0.1, 0.15) is 45.4 Å². The standard InChI is InChI=1S/C13H23NS/c1-9(14)8-15-13-5-10-2-11(6-13)4-12(3-10)7-13/h9-12H,2-8,14H2,1H3. The van der Waals surface area contributed by atoms with Crippen LogP contribution >= 0.6 is 11.8 Å². The van der Waals surface area contributed by atoms with Crippen LogP contribution in [0.25, 0.3) is 0 Å². The van der Waals surface area contributed by atoms with E-state index < -0.39 is 0 Å². The average Bonchev–Trinajstić information content (AvgIpc) is 2.12. The summed E-state index contributed by atoms with van der Waals surface area (Å²) in [5.41, 5.74) is 5.90. The Balaban J connectivity index is 1.70. The van der Waals surface area contributed by atoms with Crippen molar-refractivity contribution in [1.29, 1.82) is 0 Å². The second kappa shape index (κ2) is 3.66. The first-order chi connectivity index (χ1) is 7.15. The Morgan fingerprint density at radius 2 is 1.60 bits per heavy atom. The molecule has 1 unspecified atom stereocenters. The van der Waals surface area contributed by atoms with Crippen molar-refractivity contribution in [3.8, 4) is 0 Å². The maximum atomic E-state index is 5.90. The van der Waals surface area contributed by atoms with E-state index in [9.17, 15) is 0 Å². The van der Waals surface area contributed by atoms with Gasteiger partial charge in [0.25, 0.3) is 0 Å². The van der Waals surface area contributed by atoms with Crippen molar-refractivity contribution in [1.82, 2.24) is 0 Å². The lowest BCUT2D eigenvalue weighted by Gasteiger charge is -2.56. The molecule has 4 saturated carbocycles. The first-order valence-corrected chi connectivity index (χ1v) is 7.53. The van der Waals surface area contributed by atoms with Gasteiger partial charge in [0.1, 0.15) is 0 Å². The Morgan fingerprint density at radius 1 is 1.13 bits per heavy atom. The minimum Gasteiger partial charge on any atom is -0.327 e. The van der Waals surface area contributed by atoms with E-state index in [1.165, 1.54) is 25.0 Å². The van der Waals surface area contributed by atoms with Gasteiger partial charge in [-0.2, -0.15) is 11.8 Å². The molecule has 2 N–H and O–H groups in total. The molecular formula is C13H23NS. The molecular weight excluding hydrogens is 202 g/mol. The maximum absolute atomic E-state index is 5.90. The Labute approximate surface area is 97.6 Å². The highest BCUT2D eigenvalue weighted by Gasteiger charge is 2.50. The molecule has 4 rings (SSSR count). The van der Waals surface area contributed by atoms with E-state index in [-0.39, 0.29) is 0 Å². The highest BCUT2D eigenvalue weighted by molar-refractivity contribution is 8.00. The summed E-state index contributed by atoms with van der Waals surface area (Å²) in [6.45, 7) is 2.15. The van der Waals surface area contributed by atoms with E-state index in [4.69, 9.17) is 5.73 Å². The molecule has 15 heavy (non-hydrogen) atoms. The smallest absolute Gasteiger partial charge is 0.0168 e. The Morgan fingerprint density at radius 3 is 2.00 bits per heavy atom. The number of rotatable bonds is 3. The number of hydrogen-bond donors (Lipinski definition) is 1. The van der Waals surface area contributed by atoms with Gasteiger partial charge in [0, 0.05) is 16.5 Å². The first-order valence-electron chi connectivity index (χ1n) is 6.55. The lowest BCUT2D eigenvalue weighted by Crippen LogP contribution is -2.49. The fraction of sp³-hybridized carbons (Fsp3) is 1.00. The summed E-state index contributed by atoms with van der Waals surface area (Å²) in [6, 6.07) is 0.378. The fourth-order valence-corrected chi connectivity index (χ4v) is 6.19. The van der Waals surface area contributed by atoms with Crippen molar-refractivity contribution in [2.45, 2.75) is 56.2 Å². The zero-order valence-corrected chi connectivity index (χ0v) is 10.6. The van der Waals surface area contributed by atoms with Gasteiger partial charge in [-0.1, -0.05) is 0 Å². The summed E-state index contributed by atoms with van der Waals surface area (Å²) in [5.74, 6) is 4.41. The largest absolute Gasteiger partial charge is 0.327 e. The van der Waals surface area contributed by atoms with E-state index in [1.54, 1.807) is 19.3 Å². The predicted molar refractivity (Wildman–Crippen MR) is 67.0 cm³/mol. The highest BCUT2D eigenvalue weighted by atomic mass is 32.2. The molecule has 0 aliphatic heterocycles. The Hall–Kier alpha value is 0.310. The summed E-state index contributed by atoms with van der Waals surface area (Å²) in [4.78, 5) is 0. The molecule has 4 fully saturated rings. The van der Waals surface area contributed by atoms with Crippen molar-refractivity contribution < 1.29 is 0 Å². The molecule has 0 radical (unpaired) electrons. The van der Waals surface area contributed by atoms with Gasteiger partial charge in [-0.15, -0.1) is 0 Å². The summed E-state index contributed by atoms with van der Waals surface area (Å²) in [6.07, 6.45) is 9.19. The minimum atomic E-state index is 0.378. The van der Waals surface area contributed by atoms with Gasteiger partial charge in [-0.3, -0.25) is 0 Å². The second-order valence-corrected chi connectivity index (χ2v) is 7.88. The van der Waals surface area contributed by atoms with Gasteiger partial charge in [-0.25, -0.2) is 0 Å². The van der Waals surface area contributed by atoms with Crippen molar-refractivity contribution in [2.24, 2.45) is 23.5 Å². The molecule has 0 aromatic carbocycles. The molecule has 4 aliphatic rings. The van der Waals surface area contributed by atoms with Crippen molar-refractivity contribution in [3.05, 3.63) is 0 Å². The summed E-state index contributed by atoms with van der Waals surface area (Å²) in [7, 11) is 0. The van der Waals surface area contributed by atoms with Crippen molar-refractivity contribution in [2.75, 3.05) is 5.75 Å². The molecule has 4 bridgehead atoms. The monoisotopic (exact) mass is 225 g/mol. The molecule has 0 saturated heterocycles. The van der Waals surface area contributed by atoms with Crippen LogP contribution < -0.4 is 5.73 Å². The third-order valence-corrected chi connectivity index (χ3v) is 6.44. The van der Waals surface area contributed by atoms with Crippen LogP contribution in [0.5, 0.6) is 0 Å². The SMILES string of the molecule is CC(N)CSC12CC3CC(CC(C3)C1)C2. The normalized spacial score (nSPS) is 49.6. The third kappa shape index (κ3) is 1.95. The van der Waals surface area contributed by atoms with Gasteiger partial charge in [-0.05, 0) is 63.2 Å². The molecule has 4 aliphatic carbocycles. The van der Waals surface area contributed by atoms with E-state index in [2.05, 4.69) is 18.7 Å². The number of nitrogens with two attached hydrogens (primary N) is 1. The van der Waals surface area contributed by atoms with E-state index in [0.717, 1.165) is 17.8 Å². The third-order valence-electron chi connectivity index (χ3n) is 4.63. The predicted octanol–water partition coefficient (Wildman–Crippen LogP) is 3.04. The first kappa shape index (κ1) is 10.5. The van der Waals surface area contributed by atoms with Crippen LogP contribution in [0.15, 0.2) is 0 Å². The van der Waals surface area contributed by atoms with Crippen LogP contribution in [0, 0.1) is 17.8 Å². The number of hydrogen-bond acceptors (Lipinski definition) is 2. The van der Waals surface area contributed by atoms with Crippen LogP contribution in [-0.4, -0.2) is 16.5 Å². The Kier molecular flexibility index (Phi) is 2.55. The molecule has 0 aromatic heterocycles.